The molecule has 134 valence electrons. The predicted octanol–water partition coefficient (Wildman–Crippen LogP) is 9.10. The lowest BCUT2D eigenvalue weighted by Gasteiger charge is -2.08. The van der Waals surface area contributed by atoms with Crippen LogP contribution in [0.5, 0.6) is 0 Å². The Hall–Kier alpha value is 2.38. The van der Waals surface area contributed by atoms with Crippen LogP contribution in [-0.2, 0) is 0 Å². The van der Waals surface area contributed by atoms with Gasteiger partial charge in [-0.05, 0) is 0 Å². The molecule has 0 nitrogen and oxygen atoms in total. The fraction of sp³-hybridized carbons (Fsp3) is 0.143. The van der Waals surface area contributed by atoms with Crippen LogP contribution >= 0.6 is 142 Å². The van der Waals surface area contributed by atoms with Gasteiger partial charge in [-0.15, -0.1) is 23.5 Å². The molecule has 0 radical (unpaired) electrons. The molecule has 5 heterocycles. The molecule has 0 atom stereocenters. The minimum atomic E-state index is 1.12. The number of hydrogen-bond acceptors (Lipinski definition) is 12. The third kappa shape index (κ3) is 3.98. The number of allylic oxidation sites excluding steroid dienone is 2. The second kappa shape index (κ2) is 8.86. The van der Waals surface area contributed by atoms with Crippen molar-refractivity contribution in [2.45, 2.75) is 0 Å². The molecule has 5 aliphatic rings. The molecule has 5 aliphatic heterocycles. The lowest BCUT2D eigenvalue weighted by molar-refractivity contribution is 1.56. The van der Waals surface area contributed by atoms with Crippen LogP contribution in [0.4, 0.5) is 0 Å². The average molecular weight is 559 g/mol. The molecule has 0 unspecified atom stereocenters. The molecule has 0 saturated heterocycles. The average Bonchev–Trinajstić information content (AvgIpc) is 3.39. The second-order valence-electron chi connectivity index (χ2n) is 4.78. The highest BCUT2D eigenvalue weighted by molar-refractivity contribution is 8.50. The maximum absolute atomic E-state index is 5.13. The van der Waals surface area contributed by atoms with Gasteiger partial charge in [-0.1, -0.05) is 119 Å². The van der Waals surface area contributed by atoms with Crippen LogP contribution in [0.1, 0.15) is 0 Å². The minimum Gasteiger partial charge on any atom is -0.116 e. The Labute approximate surface area is 205 Å². The van der Waals surface area contributed by atoms with Gasteiger partial charge in [0.05, 0.1) is 33.9 Å². The summed E-state index contributed by atoms with van der Waals surface area (Å²) in [5.41, 5.74) is 0. The van der Waals surface area contributed by atoms with Crippen LogP contribution in [0.3, 0.4) is 0 Å². The lowest BCUT2D eigenvalue weighted by atomic mass is 10.6. The predicted molar refractivity (Wildman–Crippen MR) is 148 cm³/mol. The zero-order chi connectivity index (χ0) is 17.7. The van der Waals surface area contributed by atoms with E-state index in [2.05, 4.69) is 0 Å². The topological polar surface area (TPSA) is 0 Å². The minimum absolute atomic E-state index is 1.12. The maximum atomic E-state index is 5.13. The molecule has 0 aromatic rings. The molecular formula is C14H6S12. The quantitative estimate of drug-likeness (QED) is 0.297. The zero-order valence-electron chi connectivity index (χ0n) is 12.5. The SMILES string of the molecule is S=CC1=C(C=S)SC(=C2SC3=C(S2)SC(=C2SC4=C(SCCS4)S2)S3)S1. The molecule has 0 amide bonds. The van der Waals surface area contributed by atoms with E-state index < -0.39 is 0 Å². The van der Waals surface area contributed by atoms with Crippen molar-refractivity contribution in [2.24, 2.45) is 0 Å². The summed E-state index contributed by atoms with van der Waals surface area (Å²) in [6.45, 7) is 0. The first-order chi connectivity index (χ1) is 12.7. The van der Waals surface area contributed by atoms with E-state index in [9.17, 15) is 0 Å². The summed E-state index contributed by atoms with van der Waals surface area (Å²) in [5.74, 6) is 2.49. The first kappa shape index (κ1) is 20.3. The van der Waals surface area contributed by atoms with Crippen molar-refractivity contribution < 1.29 is 0 Å². The highest BCUT2D eigenvalue weighted by atomic mass is 32.3. The summed E-state index contributed by atoms with van der Waals surface area (Å²) in [7, 11) is 0. The largest absolute Gasteiger partial charge is 0.116 e. The Bertz CT molecular complexity index is 822. The van der Waals surface area contributed by atoms with E-state index in [-0.39, 0.29) is 0 Å². The van der Waals surface area contributed by atoms with Gasteiger partial charge in [0.2, 0.25) is 0 Å². The highest BCUT2D eigenvalue weighted by Gasteiger charge is 2.37. The molecule has 0 spiro atoms. The van der Waals surface area contributed by atoms with Gasteiger partial charge in [0, 0.05) is 32.1 Å². The van der Waals surface area contributed by atoms with E-state index in [1.165, 1.54) is 45.4 Å². The van der Waals surface area contributed by atoms with Crippen LogP contribution in [0, 0.1) is 0 Å². The van der Waals surface area contributed by atoms with Crippen molar-refractivity contribution in [3.63, 3.8) is 0 Å². The molecule has 0 aliphatic carbocycles. The summed E-state index contributed by atoms with van der Waals surface area (Å²) in [6, 6.07) is 0. The van der Waals surface area contributed by atoms with Crippen molar-refractivity contribution in [3.05, 3.63) is 43.7 Å². The molecule has 0 fully saturated rings. The summed E-state index contributed by atoms with van der Waals surface area (Å²) in [5, 5.41) is 3.50. The van der Waals surface area contributed by atoms with Crippen molar-refractivity contribution in [1.82, 2.24) is 0 Å². The van der Waals surface area contributed by atoms with Gasteiger partial charge < -0.3 is 0 Å². The van der Waals surface area contributed by atoms with Gasteiger partial charge in [0.1, 0.15) is 0 Å². The smallest absolute Gasteiger partial charge is 0.0718 e. The van der Waals surface area contributed by atoms with Crippen molar-refractivity contribution in [3.8, 4) is 0 Å². The van der Waals surface area contributed by atoms with Crippen LogP contribution in [0.2, 0.25) is 0 Å². The lowest BCUT2D eigenvalue weighted by Crippen LogP contribution is -1.88. The molecule has 5 rings (SSSR count). The molecule has 12 heteroatoms. The monoisotopic (exact) mass is 558 g/mol. The number of thiocarbonyl (C=S) groups is 2. The third-order valence-electron chi connectivity index (χ3n) is 3.19. The van der Waals surface area contributed by atoms with Gasteiger partial charge >= 0.3 is 0 Å². The Morgan fingerprint density at radius 2 is 0.769 bits per heavy atom. The van der Waals surface area contributed by atoms with E-state index in [0.29, 0.717) is 0 Å². The van der Waals surface area contributed by atoms with E-state index >= 15 is 0 Å². The van der Waals surface area contributed by atoms with Crippen molar-refractivity contribution in [2.75, 3.05) is 11.5 Å². The Morgan fingerprint density at radius 1 is 0.462 bits per heavy atom. The zero-order valence-corrected chi connectivity index (χ0v) is 22.3. The highest BCUT2D eigenvalue weighted by Crippen LogP contribution is 2.72. The summed E-state index contributed by atoms with van der Waals surface area (Å²) in [6.07, 6.45) is 0. The number of rotatable bonds is 2. The van der Waals surface area contributed by atoms with Gasteiger partial charge in [0.15, 0.2) is 0 Å². The van der Waals surface area contributed by atoms with Gasteiger partial charge in [-0.25, -0.2) is 0 Å². The number of thioether (sulfide) groups is 10. The van der Waals surface area contributed by atoms with Crippen LogP contribution in [0.15, 0.2) is 43.7 Å². The summed E-state index contributed by atoms with van der Waals surface area (Å²) in [4.78, 5) is 2.23. The van der Waals surface area contributed by atoms with Crippen molar-refractivity contribution in [1.29, 1.82) is 0 Å². The Balaban J connectivity index is 1.28. The molecule has 26 heavy (non-hydrogen) atoms. The maximum Gasteiger partial charge on any atom is 0.0718 e. The molecule has 0 aromatic heterocycles. The fourth-order valence-corrected chi connectivity index (χ4v) is 18.0. The van der Waals surface area contributed by atoms with Gasteiger partial charge in [0.25, 0.3) is 0 Å². The second-order valence-corrected chi connectivity index (χ2v) is 17.8. The van der Waals surface area contributed by atoms with Crippen LogP contribution < -0.4 is 0 Å². The molecule has 0 N–H and O–H groups in total. The van der Waals surface area contributed by atoms with E-state index in [4.69, 9.17) is 24.4 Å². The van der Waals surface area contributed by atoms with Crippen molar-refractivity contribution >= 4 is 153 Å². The molecule has 0 saturated carbocycles. The molecular weight excluding hydrogens is 553 g/mol. The van der Waals surface area contributed by atoms with Gasteiger partial charge in [-0.2, -0.15) is 0 Å². The summed E-state index contributed by atoms with van der Waals surface area (Å²) < 4.78 is 11.6. The Kier molecular flexibility index (Phi) is 6.91. The Morgan fingerprint density at radius 3 is 1.12 bits per heavy atom. The van der Waals surface area contributed by atoms with Crippen LogP contribution in [0.25, 0.3) is 0 Å². The van der Waals surface area contributed by atoms with E-state index in [1.54, 1.807) is 34.3 Å². The third-order valence-corrected chi connectivity index (χ3v) is 18.9. The summed E-state index contributed by atoms with van der Waals surface area (Å²) >= 11 is 29.5. The van der Waals surface area contributed by atoms with E-state index in [1.807, 2.05) is 94.1 Å². The first-order valence-electron chi connectivity index (χ1n) is 7.05. The fourth-order valence-electron chi connectivity index (χ4n) is 2.12. The van der Waals surface area contributed by atoms with Gasteiger partial charge in [-0.3, -0.25) is 0 Å². The first-order valence-corrected chi connectivity index (χ1v) is 16.5. The van der Waals surface area contributed by atoms with E-state index in [0.717, 1.165) is 9.81 Å². The number of hydrogen-bond donors (Lipinski definition) is 0. The molecule has 0 bridgehead atoms. The van der Waals surface area contributed by atoms with Crippen LogP contribution in [-0.4, -0.2) is 22.2 Å². The molecule has 0 aromatic carbocycles. The normalized spacial score (nSPS) is 25.7. The standard InChI is InChI=1S/C14H6S12/c15-3-5-6(4-16)20-9(19-5)10-23-13-14(24-10)26-12(25-13)11-21-7-8(22-11)18-2-1-17-7/h3-4H,1-2H2.